The van der Waals surface area contributed by atoms with Crippen molar-refractivity contribution in [3.05, 3.63) is 54.3 Å². The summed E-state index contributed by atoms with van der Waals surface area (Å²) in [6.45, 7) is 2.52. The highest BCUT2D eigenvalue weighted by molar-refractivity contribution is 8.15. The molecule has 6 nitrogen and oxygen atoms in total. The van der Waals surface area contributed by atoms with Crippen molar-refractivity contribution in [1.29, 1.82) is 0 Å². The molecule has 0 bridgehead atoms. The molecule has 1 saturated heterocycles. The second kappa shape index (κ2) is 9.56. The lowest BCUT2D eigenvalue weighted by atomic mass is 10.2. The summed E-state index contributed by atoms with van der Waals surface area (Å²) in [6.07, 6.45) is 0.797. The zero-order valence-electron chi connectivity index (χ0n) is 16.2. The maximum Gasteiger partial charge on any atom is 0.242 e. The SMILES string of the molecule is CCCN1C(=O)[C@H](CC(=O)Nc2ccc(F)cc2)SC1=Nc1ccc(OC)cc1. The van der Waals surface area contributed by atoms with E-state index in [0.717, 1.165) is 12.2 Å². The lowest BCUT2D eigenvalue weighted by Gasteiger charge is -2.15. The number of nitrogens with zero attached hydrogens (tertiary/aromatic N) is 2. The zero-order valence-corrected chi connectivity index (χ0v) is 17.0. The summed E-state index contributed by atoms with van der Waals surface area (Å²) < 4.78 is 18.1. The highest BCUT2D eigenvalue weighted by atomic mass is 32.2. The van der Waals surface area contributed by atoms with E-state index in [1.54, 1.807) is 24.1 Å². The van der Waals surface area contributed by atoms with Crippen LogP contribution in [0.25, 0.3) is 0 Å². The lowest BCUT2D eigenvalue weighted by Crippen LogP contribution is -2.34. The molecular formula is C21H22FN3O3S. The van der Waals surface area contributed by atoms with Crippen LogP contribution in [0.15, 0.2) is 53.5 Å². The van der Waals surface area contributed by atoms with E-state index in [4.69, 9.17) is 4.74 Å². The quantitative estimate of drug-likeness (QED) is 0.736. The number of nitrogens with one attached hydrogen (secondary N) is 1. The van der Waals surface area contributed by atoms with Gasteiger partial charge >= 0.3 is 0 Å². The Morgan fingerprint density at radius 3 is 2.52 bits per heavy atom. The molecule has 0 unspecified atom stereocenters. The van der Waals surface area contributed by atoms with Gasteiger partial charge in [0.05, 0.1) is 12.8 Å². The zero-order chi connectivity index (χ0) is 20.8. The number of amides is 2. The predicted octanol–water partition coefficient (Wildman–Crippen LogP) is 4.20. The van der Waals surface area contributed by atoms with Gasteiger partial charge in [0.15, 0.2) is 5.17 Å². The van der Waals surface area contributed by atoms with Gasteiger partial charge in [0, 0.05) is 18.7 Å². The molecule has 1 fully saturated rings. The molecular weight excluding hydrogens is 393 g/mol. The number of amidine groups is 1. The van der Waals surface area contributed by atoms with Crippen LogP contribution in [-0.2, 0) is 9.59 Å². The first-order valence-corrected chi connectivity index (χ1v) is 10.1. The first-order chi connectivity index (χ1) is 14.0. The van der Waals surface area contributed by atoms with Gasteiger partial charge in [-0.2, -0.15) is 0 Å². The van der Waals surface area contributed by atoms with Gasteiger partial charge in [-0.05, 0) is 55.0 Å². The highest BCUT2D eigenvalue weighted by Gasteiger charge is 2.38. The van der Waals surface area contributed by atoms with E-state index in [1.807, 2.05) is 19.1 Å². The van der Waals surface area contributed by atoms with Crippen molar-refractivity contribution >= 4 is 40.1 Å². The van der Waals surface area contributed by atoms with Crippen molar-refractivity contribution < 1.29 is 18.7 Å². The number of benzene rings is 2. The number of hydrogen-bond acceptors (Lipinski definition) is 5. The van der Waals surface area contributed by atoms with Gasteiger partial charge in [-0.1, -0.05) is 18.7 Å². The van der Waals surface area contributed by atoms with Crippen LogP contribution < -0.4 is 10.1 Å². The maximum atomic E-state index is 13.0. The average Bonchev–Trinajstić information content (AvgIpc) is 2.99. The topological polar surface area (TPSA) is 71.0 Å². The second-order valence-electron chi connectivity index (χ2n) is 6.45. The molecule has 152 valence electrons. The molecule has 0 saturated carbocycles. The molecule has 0 radical (unpaired) electrons. The molecule has 2 amide bonds. The maximum absolute atomic E-state index is 13.0. The summed E-state index contributed by atoms with van der Waals surface area (Å²) >= 11 is 1.29. The van der Waals surface area contributed by atoms with E-state index in [0.29, 0.717) is 23.1 Å². The molecule has 0 spiro atoms. The van der Waals surface area contributed by atoms with E-state index in [1.165, 1.54) is 36.0 Å². The average molecular weight is 415 g/mol. The first-order valence-electron chi connectivity index (χ1n) is 9.26. The van der Waals surface area contributed by atoms with Gasteiger partial charge in [0.25, 0.3) is 0 Å². The molecule has 0 aromatic heterocycles. The Morgan fingerprint density at radius 1 is 1.21 bits per heavy atom. The van der Waals surface area contributed by atoms with Crippen molar-refractivity contribution in [2.24, 2.45) is 4.99 Å². The predicted molar refractivity (Wildman–Crippen MR) is 113 cm³/mol. The van der Waals surface area contributed by atoms with Crippen LogP contribution in [0, 0.1) is 5.82 Å². The third-order valence-corrected chi connectivity index (χ3v) is 5.44. The second-order valence-corrected chi connectivity index (χ2v) is 7.62. The van der Waals surface area contributed by atoms with E-state index in [9.17, 15) is 14.0 Å². The molecule has 0 aliphatic carbocycles. The minimum Gasteiger partial charge on any atom is -0.497 e. The minimum atomic E-state index is -0.543. The summed E-state index contributed by atoms with van der Waals surface area (Å²) in [5.41, 5.74) is 1.20. The van der Waals surface area contributed by atoms with E-state index < -0.39 is 5.25 Å². The van der Waals surface area contributed by atoms with E-state index in [-0.39, 0.29) is 24.1 Å². The number of halogens is 1. The smallest absolute Gasteiger partial charge is 0.242 e. The molecule has 1 heterocycles. The monoisotopic (exact) mass is 415 g/mol. The summed E-state index contributed by atoms with van der Waals surface area (Å²) in [6, 6.07) is 12.7. The fraction of sp³-hybridized carbons (Fsp3) is 0.286. The van der Waals surface area contributed by atoms with Crippen molar-refractivity contribution in [1.82, 2.24) is 4.90 Å². The van der Waals surface area contributed by atoms with Crippen molar-refractivity contribution in [3.8, 4) is 5.75 Å². The van der Waals surface area contributed by atoms with Crippen LogP contribution >= 0.6 is 11.8 Å². The van der Waals surface area contributed by atoms with Gasteiger partial charge in [-0.3, -0.25) is 14.5 Å². The number of carbonyl (C=O) groups excluding carboxylic acids is 2. The van der Waals surface area contributed by atoms with E-state index >= 15 is 0 Å². The standard InChI is InChI=1S/C21H22FN3O3S/c1-3-12-25-20(27)18(13-19(26)23-15-6-4-14(22)5-7-15)29-21(25)24-16-8-10-17(28-2)11-9-16/h4-11,18H,3,12-13H2,1-2H3,(H,23,26)/t18-/m0/s1. The molecule has 1 N–H and O–H groups in total. The Labute approximate surface area is 173 Å². The molecule has 29 heavy (non-hydrogen) atoms. The third-order valence-electron chi connectivity index (χ3n) is 4.26. The third kappa shape index (κ3) is 5.35. The lowest BCUT2D eigenvalue weighted by molar-refractivity contribution is -0.128. The van der Waals surface area contributed by atoms with Gasteiger partial charge in [0.1, 0.15) is 16.8 Å². The summed E-state index contributed by atoms with van der Waals surface area (Å²) in [5.74, 6) is -0.0769. The molecule has 1 aliphatic rings. The number of anilines is 1. The number of thioether (sulfide) groups is 1. The number of hydrogen-bond donors (Lipinski definition) is 1. The Bertz CT molecular complexity index is 900. The number of methoxy groups -OCH3 is 1. The number of rotatable bonds is 7. The van der Waals surface area contributed by atoms with Gasteiger partial charge in [-0.25, -0.2) is 9.38 Å². The summed E-state index contributed by atoms with van der Waals surface area (Å²) in [4.78, 5) is 31.4. The Hall–Kier alpha value is -2.87. The molecule has 1 atom stereocenters. The van der Waals surface area contributed by atoms with Gasteiger partial charge < -0.3 is 10.1 Å². The molecule has 3 rings (SSSR count). The van der Waals surface area contributed by atoms with Gasteiger partial charge in [0.2, 0.25) is 11.8 Å². The van der Waals surface area contributed by atoms with Crippen LogP contribution in [-0.4, -0.2) is 40.8 Å². The molecule has 2 aromatic rings. The Balaban J connectivity index is 1.71. The van der Waals surface area contributed by atoms with Crippen molar-refractivity contribution in [2.75, 3.05) is 19.0 Å². The summed E-state index contributed by atoms with van der Waals surface area (Å²) in [7, 11) is 1.59. The van der Waals surface area contributed by atoms with Crippen LogP contribution in [0.2, 0.25) is 0 Å². The van der Waals surface area contributed by atoms with Crippen molar-refractivity contribution in [2.45, 2.75) is 25.0 Å². The molecule has 2 aromatic carbocycles. The molecule has 8 heteroatoms. The first kappa shape index (κ1) is 20.9. The summed E-state index contributed by atoms with van der Waals surface area (Å²) in [5, 5.41) is 2.74. The number of carbonyl (C=O) groups is 2. The van der Waals surface area contributed by atoms with Crippen molar-refractivity contribution in [3.63, 3.8) is 0 Å². The van der Waals surface area contributed by atoms with Crippen LogP contribution in [0.3, 0.4) is 0 Å². The largest absolute Gasteiger partial charge is 0.497 e. The fourth-order valence-electron chi connectivity index (χ4n) is 2.84. The number of aliphatic imine (C=N–C) groups is 1. The van der Waals surface area contributed by atoms with E-state index in [2.05, 4.69) is 10.3 Å². The fourth-order valence-corrected chi connectivity index (χ4v) is 4.02. The Kier molecular flexibility index (Phi) is 6.87. The highest BCUT2D eigenvalue weighted by Crippen LogP contribution is 2.32. The molecule has 1 aliphatic heterocycles. The van der Waals surface area contributed by atoms with Crippen LogP contribution in [0.5, 0.6) is 5.75 Å². The number of ether oxygens (including phenoxy) is 1. The Morgan fingerprint density at radius 2 is 1.90 bits per heavy atom. The van der Waals surface area contributed by atoms with Gasteiger partial charge in [-0.15, -0.1) is 0 Å². The minimum absolute atomic E-state index is 0.0166. The van der Waals surface area contributed by atoms with Crippen LogP contribution in [0.1, 0.15) is 19.8 Å². The normalized spacial score (nSPS) is 17.6. The van der Waals surface area contributed by atoms with Crippen LogP contribution in [0.4, 0.5) is 15.8 Å².